The van der Waals surface area contributed by atoms with Gasteiger partial charge in [-0.15, -0.1) is 11.3 Å². The molecule has 0 aliphatic rings. The van der Waals surface area contributed by atoms with E-state index in [2.05, 4.69) is 89.2 Å². The molecule has 3 aromatic heterocycles. The van der Waals surface area contributed by atoms with Crippen LogP contribution in [0.15, 0.2) is 71.5 Å². The van der Waals surface area contributed by atoms with E-state index in [1.807, 2.05) is 23.8 Å². The molecule has 0 fully saturated rings. The lowest BCUT2D eigenvalue weighted by molar-refractivity contribution is 0.594. The molecule has 0 N–H and O–H groups in total. The fraction of sp³-hybridized carbons (Fsp3) is 0.258. The van der Waals surface area contributed by atoms with E-state index in [9.17, 15) is 0 Å². The van der Waals surface area contributed by atoms with E-state index in [1.165, 1.54) is 53.0 Å². The molecular formula is C31H29NOS. The van der Waals surface area contributed by atoms with Crippen molar-refractivity contribution in [2.45, 2.75) is 46.5 Å². The minimum Gasteiger partial charge on any atom is -0.464 e. The zero-order valence-corrected chi connectivity index (χ0v) is 21.2. The Morgan fingerprint density at radius 2 is 1.71 bits per heavy atom. The molecule has 0 aliphatic heterocycles. The minimum absolute atomic E-state index is 0.0401. The smallest absolute Gasteiger partial charge is 0.135 e. The second-order valence-electron chi connectivity index (χ2n) is 10.8. The molecule has 0 aliphatic carbocycles. The number of hydrogen-bond acceptors (Lipinski definition) is 3. The largest absolute Gasteiger partial charge is 0.464 e. The second kappa shape index (κ2) is 7.68. The summed E-state index contributed by atoms with van der Waals surface area (Å²) < 4.78 is 8.52. The van der Waals surface area contributed by atoms with Crippen molar-refractivity contribution in [1.82, 2.24) is 4.98 Å². The summed E-state index contributed by atoms with van der Waals surface area (Å²) in [5, 5.41) is 6.42. The van der Waals surface area contributed by atoms with E-state index in [1.54, 1.807) is 0 Å². The fourth-order valence-electron chi connectivity index (χ4n) is 5.21. The van der Waals surface area contributed by atoms with Crippen LogP contribution in [-0.2, 0) is 11.8 Å². The summed E-state index contributed by atoms with van der Waals surface area (Å²) in [6.45, 7) is 11.4. The van der Waals surface area contributed by atoms with Crippen LogP contribution in [0.3, 0.4) is 0 Å². The maximum atomic E-state index is 5.96. The van der Waals surface area contributed by atoms with E-state index in [0.29, 0.717) is 5.92 Å². The normalized spacial score (nSPS) is 12.6. The number of benzene rings is 3. The lowest BCUT2D eigenvalue weighted by atomic mass is 9.82. The molecular weight excluding hydrogens is 434 g/mol. The molecule has 2 nitrogen and oxygen atoms in total. The Hall–Kier alpha value is -3.17. The highest BCUT2D eigenvalue weighted by Crippen LogP contribution is 2.44. The van der Waals surface area contributed by atoms with Gasteiger partial charge in [0.1, 0.15) is 5.58 Å². The predicted octanol–water partition coefficient (Wildman–Crippen LogP) is 9.51. The fourth-order valence-corrected chi connectivity index (χ4v) is 6.59. The molecule has 3 heterocycles. The van der Waals surface area contributed by atoms with Gasteiger partial charge in [-0.05, 0) is 70.0 Å². The molecule has 34 heavy (non-hydrogen) atoms. The van der Waals surface area contributed by atoms with Gasteiger partial charge in [0.2, 0.25) is 0 Å². The summed E-state index contributed by atoms with van der Waals surface area (Å²) >= 11 is 1.85. The summed E-state index contributed by atoms with van der Waals surface area (Å²) in [5.41, 5.74) is 5.93. The van der Waals surface area contributed by atoms with Gasteiger partial charge in [-0.3, -0.25) is 4.98 Å². The van der Waals surface area contributed by atoms with E-state index in [4.69, 9.17) is 9.40 Å². The molecule has 0 saturated carbocycles. The number of fused-ring (bicyclic) bond motifs is 6. The molecule has 0 amide bonds. The molecule has 0 saturated heterocycles. The maximum absolute atomic E-state index is 5.96. The number of furan rings is 1. The van der Waals surface area contributed by atoms with Crippen LogP contribution in [0.1, 0.15) is 45.7 Å². The van der Waals surface area contributed by atoms with Crippen LogP contribution in [-0.4, -0.2) is 4.98 Å². The first-order chi connectivity index (χ1) is 16.3. The van der Waals surface area contributed by atoms with Crippen LogP contribution in [0.5, 0.6) is 0 Å². The third kappa shape index (κ3) is 3.33. The molecule has 0 radical (unpaired) electrons. The van der Waals surface area contributed by atoms with Crippen molar-refractivity contribution in [2.75, 3.05) is 0 Å². The quantitative estimate of drug-likeness (QED) is 0.261. The van der Waals surface area contributed by atoms with E-state index >= 15 is 0 Å². The van der Waals surface area contributed by atoms with Crippen LogP contribution in [0.4, 0.5) is 0 Å². The highest BCUT2D eigenvalue weighted by Gasteiger charge is 2.21. The first kappa shape index (κ1) is 21.4. The molecule has 0 spiro atoms. The number of nitrogens with zero attached hydrogens (tertiary/aromatic N) is 1. The highest BCUT2D eigenvalue weighted by atomic mass is 32.1. The molecule has 6 aromatic rings. The number of aromatic nitrogens is 1. The topological polar surface area (TPSA) is 26.0 Å². The summed E-state index contributed by atoms with van der Waals surface area (Å²) in [6.07, 6.45) is 4.93. The summed E-state index contributed by atoms with van der Waals surface area (Å²) in [4.78, 5) is 4.93. The predicted molar refractivity (Wildman–Crippen MR) is 147 cm³/mol. The molecule has 3 aromatic carbocycles. The zero-order valence-electron chi connectivity index (χ0n) is 20.4. The lowest BCUT2D eigenvalue weighted by Gasteiger charge is -2.22. The summed E-state index contributed by atoms with van der Waals surface area (Å²) in [7, 11) is 0. The van der Waals surface area contributed by atoms with Gasteiger partial charge in [-0.1, -0.05) is 58.9 Å². The van der Waals surface area contributed by atoms with Crippen molar-refractivity contribution in [1.29, 1.82) is 0 Å². The average molecular weight is 464 g/mol. The standard InChI is InChI=1S/C31H29NOS/c1-18(2)14-21-17-33-26-11-10-23-24-12-13-32-28(30(24)34-29(23)27(21)26)20-15-19-8-6-7-9-22(19)25(16-20)31(3,4)5/h6-13,15-18H,14H2,1-5H3. The minimum atomic E-state index is 0.0401. The Balaban J connectivity index is 1.66. The van der Waals surface area contributed by atoms with Crippen LogP contribution < -0.4 is 0 Å². The monoisotopic (exact) mass is 463 g/mol. The lowest BCUT2D eigenvalue weighted by Crippen LogP contribution is -2.12. The van der Waals surface area contributed by atoms with Gasteiger partial charge in [-0.25, -0.2) is 0 Å². The first-order valence-electron chi connectivity index (χ1n) is 12.0. The first-order valence-corrected chi connectivity index (χ1v) is 12.9. The van der Waals surface area contributed by atoms with Crippen LogP contribution >= 0.6 is 11.3 Å². The highest BCUT2D eigenvalue weighted by molar-refractivity contribution is 7.27. The number of pyridine rings is 1. The Labute approximate surface area is 204 Å². The van der Waals surface area contributed by atoms with Crippen molar-refractivity contribution in [3.63, 3.8) is 0 Å². The van der Waals surface area contributed by atoms with Crippen LogP contribution in [0.2, 0.25) is 0 Å². The van der Waals surface area contributed by atoms with E-state index in [0.717, 1.165) is 17.7 Å². The van der Waals surface area contributed by atoms with Crippen molar-refractivity contribution >= 4 is 53.3 Å². The SMILES string of the molecule is CC(C)Cc1coc2ccc3c4ccnc(-c5cc(C(C)(C)C)c6ccccc6c5)c4sc3c12. The summed E-state index contributed by atoms with van der Waals surface area (Å²) in [5.74, 6) is 0.580. The van der Waals surface area contributed by atoms with Crippen molar-refractivity contribution in [2.24, 2.45) is 5.92 Å². The molecule has 0 bridgehead atoms. The Morgan fingerprint density at radius 1 is 0.912 bits per heavy atom. The van der Waals surface area contributed by atoms with Gasteiger partial charge >= 0.3 is 0 Å². The van der Waals surface area contributed by atoms with Crippen molar-refractivity contribution in [3.8, 4) is 11.3 Å². The molecule has 0 atom stereocenters. The Kier molecular flexibility index (Phi) is 4.82. The van der Waals surface area contributed by atoms with Gasteiger partial charge in [0, 0.05) is 32.6 Å². The number of thiophene rings is 1. The average Bonchev–Trinajstić information content (AvgIpc) is 3.38. The van der Waals surface area contributed by atoms with Crippen LogP contribution in [0, 0.1) is 5.92 Å². The van der Waals surface area contributed by atoms with Gasteiger partial charge in [0.05, 0.1) is 16.7 Å². The van der Waals surface area contributed by atoms with Crippen LogP contribution in [0.25, 0.3) is 53.2 Å². The Bertz CT molecular complexity index is 1690. The molecule has 3 heteroatoms. The van der Waals surface area contributed by atoms with Gasteiger partial charge in [0.25, 0.3) is 0 Å². The van der Waals surface area contributed by atoms with Gasteiger partial charge in [0.15, 0.2) is 0 Å². The van der Waals surface area contributed by atoms with Crippen molar-refractivity contribution < 1.29 is 4.42 Å². The van der Waals surface area contributed by atoms with Gasteiger partial charge in [-0.2, -0.15) is 0 Å². The maximum Gasteiger partial charge on any atom is 0.135 e. The molecule has 0 unspecified atom stereocenters. The second-order valence-corrected chi connectivity index (χ2v) is 11.8. The number of hydrogen-bond donors (Lipinski definition) is 0. The summed E-state index contributed by atoms with van der Waals surface area (Å²) in [6, 6.07) is 19.9. The van der Waals surface area contributed by atoms with Crippen molar-refractivity contribution in [3.05, 3.63) is 78.2 Å². The zero-order chi connectivity index (χ0) is 23.6. The van der Waals surface area contributed by atoms with E-state index in [-0.39, 0.29) is 5.41 Å². The number of rotatable bonds is 3. The van der Waals surface area contributed by atoms with E-state index < -0.39 is 0 Å². The molecule has 6 rings (SSSR count). The van der Waals surface area contributed by atoms with Gasteiger partial charge < -0.3 is 4.42 Å². The third-order valence-corrected chi connectivity index (χ3v) is 7.98. The third-order valence-electron chi connectivity index (χ3n) is 6.74. The Morgan fingerprint density at radius 3 is 2.50 bits per heavy atom. The molecule has 170 valence electrons.